The van der Waals surface area contributed by atoms with Crippen molar-refractivity contribution in [2.45, 2.75) is 64.1 Å². The summed E-state index contributed by atoms with van der Waals surface area (Å²) in [5.41, 5.74) is 1.47. The number of aliphatic hydroxyl groups excluding tert-OH is 1. The molecule has 7 heteroatoms. The monoisotopic (exact) mass is 444 g/mol. The van der Waals surface area contributed by atoms with Crippen molar-refractivity contribution in [1.29, 1.82) is 0 Å². The summed E-state index contributed by atoms with van der Waals surface area (Å²) in [4.78, 5) is 12.5. The van der Waals surface area contributed by atoms with E-state index in [1.54, 1.807) is 30.3 Å². The summed E-state index contributed by atoms with van der Waals surface area (Å²) in [6.45, 7) is 3.42. The fourth-order valence-electron chi connectivity index (χ4n) is 3.76. The van der Waals surface area contributed by atoms with Gasteiger partial charge < -0.3 is 25.2 Å². The molecule has 32 heavy (non-hydrogen) atoms. The van der Waals surface area contributed by atoms with Gasteiger partial charge in [0, 0.05) is 6.54 Å². The third-order valence-corrected chi connectivity index (χ3v) is 5.59. The van der Waals surface area contributed by atoms with Gasteiger partial charge in [-0.05, 0) is 41.8 Å². The van der Waals surface area contributed by atoms with E-state index in [1.807, 2.05) is 0 Å². The van der Waals surface area contributed by atoms with Crippen LogP contribution in [0.25, 0.3) is 0 Å². The van der Waals surface area contributed by atoms with Crippen LogP contribution in [0.1, 0.15) is 62.7 Å². The maximum Gasteiger partial charge on any atom is 0.315 e. The Bertz CT molecular complexity index is 860. The van der Waals surface area contributed by atoms with Crippen LogP contribution in [0.2, 0.25) is 0 Å². The van der Waals surface area contributed by atoms with E-state index in [2.05, 4.69) is 17.6 Å². The minimum atomic E-state index is -0.881. The third-order valence-electron chi connectivity index (χ3n) is 5.59. The van der Waals surface area contributed by atoms with Gasteiger partial charge >= 0.3 is 6.03 Å². The summed E-state index contributed by atoms with van der Waals surface area (Å²) in [5, 5.41) is 16.8. The molecule has 3 rings (SSSR count). The van der Waals surface area contributed by atoms with E-state index in [0.717, 1.165) is 31.2 Å². The molecule has 1 aliphatic heterocycles. The van der Waals surface area contributed by atoms with Crippen LogP contribution in [0.4, 0.5) is 9.18 Å². The van der Waals surface area contributed by atoms with Crippen molar-refractivity contribution in [3.05, 3.63) is 59.4 Å². The number of halogens is 1. The molecule has 2 unspecified atom stereocenters. The van der Waals surface area contributed by atoms with Crippen molar-refractivity contribution in [2.75, 3.05) is 13.2 Å². The Morgan fingerprint density at radius 1 is 1.03 bits per heavy atom. The van der Waals surface area contributed by atoms with Crippen LogP contribution >= 0.6 is 0 Å². The van der Waals surface area contributed by atoms with Crippen LogP contribution in [-0.2, 0) is 6.54 Å². The molecule has 0 spiro atoms. The molecule has 0 aliphatic carbocycles. The Balaban J connectivity index is 1.62. The second kappa shape index (κ2) is 12.3. The van der Waals surface area contributed by atoms with E-state index in [-0.39, 0.29) is 18.4 Å². The Morgan fingerprint density at radius 2 is 1.75 bits per heavy atom. The zero-order chi connectivity index (χ0) is 22.8. The Labute approximate surface area is 189 Å². The lowest BCUT2D eigenvalue weighted by Gasteiger charge is -2.26. The van der Waals surface area contributed by atoms with Gasteiger partial charge in [0.25, 0.3) is 0 Å². The fourth-order valence-corrected chi connectivity index (χ4v) is 3.76. The van der Waals surface area contributed by atoms with Crippen molar-refractivity contribution in [2.24, 2.45) is 0 Å². The lowest BCUT2D eigenvalue weighted by molar-refractivity contribution is 0.122. The van der Waals surface area contributed by atoms with E-state index in [9.17, 15) is 14.3 Å². The van der Waals surface area contributed by atoms with Gasteiger partial charge in [-0.2, -0.15) is 0 Å². The summed E-state index contributed by atoms with van der Waals surface area (Å²) in [6.07, 6.45) is 5.22. The number of ether oxygens (including phenoxy) is 2. The van der Waals surface area contributed by atoms with Crippen LogP contribution < -0.4 is 20.1 Å². The molecule has 2 atom stereocenters. The molecule has 2 aromatic rings. The van der Waals surface area contributed by atoms with Gasteiger partial charge in [-0.3, -0.25) is 0 Å². The first kappa shape index (κ1) is 23.9. The number of aliphatic hydroxyl groups is 1. The number of urea groups is 1. The van der Waals surface area contributed by atoms with E-state index < -0.39 is 12.1 Å². The minimum Gasteiger partial charge on any atom is -0.486 e. The molecule has 0 bridgehead atoms. The molecule has 2 amide bonds. The van der Waals surface area contributed by atoms with Gasteiger partial charge in [0.15, 0.2) is 11.5 Å². The Hall–Kier alpha value is -2.80. The summed E-state index contributed by atoms with van der Waals surface area (Å²) < 4.78 is 24.3. The highest BCUT2D eigenvalue weighted by molar-refractivity contribution is 5.74. The van der Waals surface area contributed by atoms with Crippen LogP contribution in [0.3, 0.4) is 0 Å². The quantitative estimate of drug-likeness (QED) is 0.433. The highest BCUT2D eigenvalue weighted by atomic mass is 19.1. The van der Waals surface area contributed by atoms with Gasteiger partial charge in [-0.15, -0.1) is 0 Å². The molecule has 0 aromatic heterocycles. The largest absolute Gasteiger partial charge is 0.486 e. The van der Waals surface area contributed by atoms with E-state index in [1.165, 1.54) is 18.6 Å². The van der Waals surface area contributed by atoms with Crippen molar-refractivity contribution in [3.8, 4) is 11.5 Å². The molecule has 1 aliphatic rings. The summed E-state index contributed by atoms with van der Waals surface area (Å²) in [6, 6.07) is 10.5. The summed E-state index contributed by atoms with van der Waals surface area (Å²) >= 11 is 0. The average Bonchev–Trinajstić information content (AvgIpc) is 2.82. The molecule has 0 saturated carbocycles. The number of fused-ring (bicyclic) bond motifs is 1. The third kappa shape index (κ3) is 7.12. The van der Waals surface area contributed by atoms with Crippen LogP contribution in [0.15, 0.2) is 42.5 Å². The highest BCUT2D eigenvalue weighted by Crippen LogP contribution is 2.34. The van der Waals surface area contributed by atoms with Crippen molar-refractivity contribution in [1.82, 2.24) is 10.6 Å². The van der Waals surface area contributed by atoms with E-state index >= 15 is 0 Å². The minimum absolute atomic E-state index is 0.273. The number of hydrogen-bond donors (Lipinski definition) is 3. The number of rotatable bonds is 11. The molecule has 0 fully saturated rings. The zero-order valence-electron chi connectivity index (χ0n) is 18.6. The first-order valence-electron chi connectivity index (χ1n) is 11.4. The summed E-state index contributed by atoms with van der Waals surface area (Å²) in [7, 11) is 0. The van der Waals surface area contributed by atoms with Gasteiger partial charge in [0.05, 0.1) is 12.1 Å². The number of unbranched alkanes of at least 4 members (excludes halogenated alkanes) is 4. The summed E-state index contributed by atoms with van der Waals surface area (Å²) in [5.74, 6) is 0.951. The molecular formula is C25H33FN2O4. The smallest absolute Gasteiger partial charge is 0.315 e. The van der Waals surface area contributed by atoms with Crippen molar-refractivity contribution >= 4 is 6.03 Å². The molecule has 1 heterocycles. The van der Waals surface area contributed by atoms with Crippen LogP contribution in [0.5, 0.6) is 11.5 Å². The first-order chi connectivity index (χ1) is 15.6. The Morgan fingerprint density at radius 3 is 2.50 bits per heavy atom. The SMILES string of the molecule is CCCCCCCC(NC(=O)NCc1ccc(F)cc1)C(O)c1ccc2c(c1)OCCO2. The molecular weight excluding hydrogens is 411 g/mol. The lowest BCUT2D eigenvalue weighted by atomic mass is 9.96. The zero-order valence-corrected chi connectivity index (χ0v) is 18.6. The second-order valence-corrected chi connectivity index (χ2v) is 8.11. The standard InChI is InChI=1S/C25H33FN2O4/c1-2-3-4-5-6-7-21(28-25(30)27-17-18-8-11-20(26)12-9-18)24(29)19-10-13-22-23(16-19)32-15-14-31-22/h8-13,16,21,24,29H,2-7,14-15,17H2,1H3,(H2,27,28,30). The molecule has 0 radical (unpaired) electrons. The predicted molar refractivity (Wildman–Crippen MR) is 121 cm³/mol. The molecule has 6 nitrogen and oxygen atoms in total. The predicted octanol–water partition coefficient (Wildman–Crippen LogP) is 4.86. The van der Waals surface area contributed by atoms with E-state index in [4.69, 9.17) is 9.47 Å². The number of carbonyl (C=O) groups excluding carboxylic acids is 1. The van der Waals surface area contributed by atoms with E-state index in [0.29, 0.717) is 36.7 Å². The van der Waals surface area contributed by atoms with Crippen molar-refractivity contribution < 1.29 is 23.8 Å². The first-order valence-corrected chi connectivity index (χ1v) is 11.4. The number of amides is 2. The molecule has 174 valence electrons. The number of hydrogen-bond acceptors (Lipinski definition) is 4. The Kier molecular flexibility index (Phi) is 9.16. The molecule has 2 aromatic carbocycles. The van der Waals surface area contributed by atoms with Gasteiger partial charge in [0.1, 0.15) is 19.0 Å². The number of carbonyl (C=O) groups is 1. The maximum atomic E-state index is 13.1. The fraction of sp³-hybridized carbons (Fsp3) is 0.480. The molecule has 0 saturated heterocycles. The van der Waals surface area contributed by atoms with Gasteiger partial charge in [-0.1, -0.05) is 57.2 Å². The molecule has 3 N–H and O–H groups in total. The maximum absolute atomic E-state index is 13.1. The lowest BCUT2D eigenvalue weighted by Crippen LogP contribution is -2.44. The van der Waals surface area contributed by atoms with Crippen LogP contribution in [0, 0.1) is 5.82 Å². The normalized spacial score (nSPS) is 14.5. The second-order valence-electron chi connectivity index (χ2n) is 8.11. The van der Waals surface area contributed by atoms with Gasteiger partial charge in [0.2, 0.25) is 0 Å². The topological polar surface area (TPSA) is 79.8 Å². The number of nitrogens with one attached hydrogen (secondary N) is 2. The number of benzene rings is 2. The highest BCUT2D eigenvalue weighted by Gasteiger charge is 2.24. The van der Waals surface area contributed by atoms with Crippen LogP contribution in [-0.4, -0.2) is 30.4 Å². The van der Waals surface area contributed by atoms with Gasteiger partial charge in [-0.25, -0.2) is 9.18 Å². The van der Waals surface area contributed by atoms with Crippen molar-refractivity contribution in [3.63, 3.8) is 0 Å². The average molecular weight is 445 g/mol.